The van der Waals surface area contributed by atoms with Gasteiger partial charge in [-0.1, -0.05) is 12.1 Å². The molecule has 1 aliphatic heterocycles. The molecule has 2 aromatic carbocycles. The number of methoxy groups -OCH3 is 1. The molecule has 0 bridgehead atoms. The number of likely N-dealkylation sites (tertiary alicyclic amines) is 1. The Morgan fingerprint density at radius 2 is 1.78 bits per heavy atom. The van der Waals surface area contributed by atoms with Crippen LogP contribution in [0.3, 0.4) is 0 Å². The minimum atomic E-state index is -0.299. The Kier molecular flexibility index (Phi) is 6.11. The zero-order chi connectivity index (χ0) is 22.7. The van der Waals surface area contributed by atoms with Crippen LogP contribution < -0.4 is 10.5 Å². The van der Waals surface area contributed by atoms with Crippen molar-refractivity contribution >= 4 is 11.9 Å². The van der Waals surface area contributed by atoms with Gasteiger partial charge in [-0.15, -0.1) is 0 Å². The second-order valence-electron chi connectivity index (χ2n) is 7.94. The van der Waals surface area contributed by atoms with Gasteiger partial charge in [-0.05, 0) is 54.8 Å². The number of amides is 1. The van der Waals surface area contributed by atoms with E-state index < -0.39 is 0 Å². The summed E-state index contributed by atoms with van der Waals surface area (Å²) >= 11 is 0. The summed E-state index contributed by atoms with van der Waals surface area (Å²) in [6, 6.07) is 14.0. The van der Waals surface area contributed by atoms with E-state index >= 15 is 0 Å². The molecule has 1 fully saturated rings. The Morgan fingerprint density at radius 3 is 2.44 bits per heavy atom. The molecule has 8 heteroatoms. The van der Waals surface area contributed by atoms with Crippen LogP contribution in [0.5, 0.6) is 17.2 Å². The molecule has 0 spiro atoms. The van der Waals surface area contributed by atoms with E-state index in [1.54, 1.807) is 12.0 Å². The van der Waals surface area contributed by atoms with Gasteiger partial charge in [0.2, 0.25) is 5.95 Å². The van der Waals surface area contributed by atoms with Crippen molar-refractivity contribution in [2.24, 2.45) is 0 Å². The number of nitrogens with zero attached hydrogens (tertiary/aromatic N) is 3. The normalized spacial score (nSPS) is 14.3. The monoisotopic (exact) mass is 434 g/mol. The Morgan fingerprint density at radius 1 is 1.06 bits per heavy atom. The summed E-state index contributed by atoms with van der Waals surface area (Å²) in [5.41, 5.74) is 9.21. The third-order valence-corrected chi connectivity index (χ3v) is 5.78. The molecule has 1 aliphatic rings. The summed E-state index contributed by atoms with van der Waals surface area (Å²) in [4.78, 5) is 23.3. The van der Waals surface area contributed by atoms with Crippen LogP contribution in [0.15, 0.2) is 48.5 Å². The number of nitrogen functional groups attached to an aromatic ring is 1. The molecule has 1 amide bonds. The molecule has 1 aromatic heterocycles. The highest BCUT2D eigenvalue weighted by Gasteiger charge is 2.26. The highest BCUT2D eigenvalue weighted by atomic mass is 16.5. The van der Waals surface area contributed by atoms with E-state index in [9.17, 15) is 15.0 Å². The molecule has 166 valence electrons. The maximum absolute atomic E-state index is 12.7. The molecule has 0 radical (unpaired) electrons. The van der Waals surface area contributed by atoms with Gasteiger partial charge in [0, 0.05) is 36.7 Å². The zero-order valence-electron chi connectivity index (χ0n) is 17.9. The first kappa shape index (κ1) is 21.4. The highest BCUT2D eigenvalue weighted by Crippen LogP contribution is 2.30. The minimum Gasteiger partial charge on any atom is -0.504 e. The van der Waals surface area contributed by atoms with Gasteiger partial charge in [-0.3, -0.25) is 4.79 Å². The van der Waals surface area contributed by atoms with Gasteiger partial charge in [0.05, 0.1) is 12.8 Å². The number of aromatic hydroxyl groups is 2. The number of ether oxygens (including phenoxy) is 1. The lowest BCUT2D eigenvalue weighted by atomic mass is 9.92. The molecule has 1 saturated heterocycles. The number of piperidine rings is 1. The lowest BCUT2D eigenvalue weighted by molar-refractivity contribution is 0.0711. The van der Waals surface area contributed by atoms with Crippen molar-refractivity contribution in [3.63, 3.8) is 0 Å². The van der Waals surface area contributed by atoms with Crippen molar-refractivity contribution in [1.29, 1.82) is 0 Å². The molecule has 4 N–H and O–H groups in total. The van der Waals surface area contributed by atoms with Crippen LogP contribution in [0.4, 0.5) is 5.95 Å². The van der Waals surface area contributed by atoms with Crippen molar-refractivity contribution in [3.8, 4) is 17.2 Å². The van der Waals surface area contributed by atoms with E-state index in [4.69, 9.17) is 10.5 Å². The summed E-state index contributed by atoms with van der Waals surface area (Å²) in [5, 5.41) is 19.1. The Bertz CT molecular complexity index is 1110. The molecule has 8 nitrogen and oxygen atoms in total. The number of phenols is 2. The molecule has 4 rings (SSSR count). The number of aromatic nitrogens is 2. The largest absolute Gasteiger partial charge is 0.504 e. The van der Waals surface area contributed by atoms with Crippen LogP contribution in [0, 0.1) is 0 Å². The molecule has 0 saturated carbocycles. The fourth-order valence-corrected chi connectivity index (χ4v) is 4.01. The van der Waals surface area contributed by atoms with Crippen molar-refractivity contribution in [1.82, 2.24) is 14.9 Å². The first-order valence-electron chi connectivity index (χ1n) is 10.5. The number of carbonyl (C=O) groups excluding carboxylic acids is 1. The second kappa shape index (κ2) is 9.13. The lowest BCUT2D eigenvalue weighted by Gasteiger charge is -2.32. The first-order chi connectivity index (χ1) is 15.4. The van der Waals surface area contributed by atoms with Crippen LogP contribution in [0.25, 0.3) is 0 Å². The highest BCUT2D eigenvalue weighted by molar-refractivity contribution is 5.95. The number of anilines is 1. The van der Waals surface area contributed by atoms with Crippen LogP contribution in [-0.4, -0.2) is 51.2 Å². The molecule has 0 aliphatic carbocycles. The van der Waals surface area contributed by atoms with E-state index in [0.29, 0.717) is 25.1 Å². The molecule has 0 atom stereocenters. The molecular weight excluding hydrogens is 408 g/mol. The molecule has 3 aromatic rings. The predicted octanol–water partition coefficient (Wildman–Crippen LogP) is 3.09. The summed E-state index contributed by atoms with van der Waals surface area (Å²) in [6.45, 7) is 1.14. The zero-order valence-corrected chi connectivity index (χ0v) is 17.9. The first-order valence-corrected chi connectivity index (χ1v) is 10.5. The van der Waals surface area contributed by atoms with Gasteiger partial charge in [0.1, 0.15) is 5.75 Å². The third kappa shape index (κ3) is 4.74. The van der Waals surface area contributed by atoms with Gasteiger partial charge >= 0.3 is 0 Å². The van der Waals surface area contributed by atoms with Crippen molar-refractivity contribution in [2.45, 2.75) is 25.2 Å². The summed E-state index contributed by atoms with van der Waals surface area (Å²) in [7, 11) is 1.64. The summed E-state index contributed by atoms with van der Waals surface area (Å²) in [5.74, 6) is 0.538. The Hall–Kier alpha value is -3.81. The van der Waals surface area contributed by atoms with Crippen LogP contribution in [0.1, 0.15) is 46.1 Å². The number of carbonyl (C=O) groups is 1. The average Bonchev–Trinajstić information content (AvgIpc) is 2.80. The Balaban J connectivity index is 1.42. The molecule has 32 heavy (non-hydrogen) atoms. The maximum atomic E-state index is 12.7. The number of hydrogen-bond acceptors (Lipinski definition) is 7. The summed E-state index contributed by atoms with van der Waals surface area (Å²) < 4.78 is 5.20. The van der Waals surface area contributed by atoms with Crippen molar-refractivity contribution in [2.75, 3.05) is 25.9 Å². The molecule has 0 unspecified atom stereocenters. The van der Waals surface area contributed by atoms with Gasteiger partial charge in [0.15, 0.2) is 11.5 Å². The lowest BCUT2D eigenvalue weighted by Crippen LogP contribution is -2.38. The standard InChI is InChI=1S/C24H26N4O4/c1-32-19-5-2-15(3-6-19)12-18-14-20(27-24(25)26-18)16-8-10-28(11-9-16)23(31)17-4-7-21(29)22(30)13-17/h2-7,13-14,16,29-30H,8-12H2,1H3,(H2,25,26,27). The van der Waals surface area contributed by atoms with E-state index in [2.05, 4.69) is 9.97 Å². The van der Waals surface area contributed by atoms with Crippen LogP contribution >= 0.6 is 0 Å². The SMILES string of the molecule is COc1ccc(Cc2cc(C3CCN(C(=O)c4ccc(O)c(O)c4)CC3)nc(N)n2)cc1. The third-order valence-electron chi connectivity index (χ3n) is 5.78. The van der Waals surface area contributed by atoms with Crippen LogP contribution in [0.2, 0.25) is 0 Å². The van der Waals surface area contributed by atoms with Gasteiger partial charge in [-0.25, -0.2) is 9.97 Å². The average molecular weight is 434 g/mol. The minimum absolute atomic E-state index is 0.166. The van der Waals surface area contributed by atoms with Crippen molar-refractivity contribution < 1.29 is 19.7 Å². The Labute approximate surface area is 186 Å². The molecule has 2 heterocycles. The van der Waals surface area contributed by atoms with E-state index in [1.807, 2.05) is 30.3 Å². The fourth-order valence-electron chi connectivity index (χ4n) is 4.01. The second-order valence-corrected chi connectivity index (χ2v) is 7.94. The number of nitrogens with two attached hydrogens (primary N) is 1. The molecular formula is C24H26N4O4. The van der Waals surface area contributed by atoms with Gasteiger partial charge < -0.3 is 25.6 Å². The topological polar surface area (TPSA) is 122 Å². The number of hydrogen-bond donors (Lipinski definition) is 3. The summed E-state index contributed by atoms with van der Waals surface area (Å²) in [6.07, 6.45) is 2.16. The van der Waals surface area contributed by atoms with E-state index in [1.165, 1.54) is 18.2 Å². The van der Waals surface area contributed by atoms with Crippen LogP contribution in [-0.2, 0) is 6.42 Å². The fraction of sp³-hybridized carbons (Fsp3) is 0.292. The smallest absolute Gasteiger partial charge is 0.253 e. The van der Waals surface area contributed by atoms with E-state index in [0.717, 1.165) is 35.5 Å². The van der Waals surface area contributed by atoms with E-state index in [-0.39, 0.29) is 29.3 Å². The number of benzene rings is 2. The predicted molar refractivity (Wildman–Crippen MR) is 120 cm³/mol. The van der Waals surface area contributed by atoms with Gasteiger partial charge in [0.25, 0.3) is 5.91 Å². The number of rotatable bonds is 5. The quantitative estimate of drug-likeness (QED) is 0.528. The number of phenolic OH excluding ortho intramolecular Hbond substituents is 2. The van der Waals surface area contributed by atoms with Gasteiger partial charge in [-0.2, -0.15) is 0 Å². The maximum Gasteiger partial charge on any atom is 0.253 e. The van der Waals surface area contributed by atoms with Crippen molar-refractivity contribution in [3.05, 3.63) is 71.0 Å².